The highest BCUT2D eigenvalue weighted by molar-refractivity contribution is 7.90. The monoisotopic (exact) mass is 193 g/mol. The molecule has 12 heavy (non-hydrogen) atoms. The van der Waals surface area contributed by atoms with E-state index in [1.165, 1.54) is 6.92 Å². The first-order valence-corrected chi connectivity index (χ1v) is 5.06. The molecule has 72 valence electrons. The van der Waals surface area contributed by atoms with Crippen LogP contribution in [0.2, 0.25) is 0 Å². The van der Waals surface area contributed by atoms with Gasteiger partial charge in [-0.2, -0.15) is 8.42 Å². The molecule has 0 saturated carbocycles. The van der Waals surface area contributed by atoms with Crippen LogP contribution in [0, 0.1) is 5.92 Å². The van der Waals surface area contributed by atoms with Crippen molar-refractivity contribution in [3.63, 3.8) is 0 Å². The number of hydrogen-bond donors (Lipinski definition) is 1. The van der Waals surface area contributed by atoms with E-state index in [1.807, 2.05) is 6.92 Å². The minimum Gasteiger partial charge on any atom is -0.330 e. The quantitative estimate of drug-likeness (QED) is 0.644. The molecule has 0 aromatic carbocycles. The van der Waals surface area contributed by atoms with Crippen molar-refractivity contribution in [2.75, 3.05) is 13.2 Å². The van der Waals surface area contributed by atoms with Crippen LogP contribution in [0.25, 0.3) is 0 Å². The summed E-state index contributed by atoms with van der Waals surface area (Å²) in [5.41, 5.74) is 5.28. The molecule has 1 atom stereocenters. The van der Waals surface area contributed by atoms with Crippen molar-refractivity contribution in [3.05, 3.63) is 11.5 Å². The highest BCUT2D eigenvalue weighted by Gasteiger charge is 2.13. The zero-order valence-corrected chi connectivity index (χ0v) is 8.23. The van der Waals surface area contributed by atoms with E-state index in [0.29, 0.717) is 6.54 Å². The van der Waals surface area contributed by atoms with Gasteiger partial charge in [-0.05, 0) is 19.4 Å². The van der Waals surface area contributed by atoms with E-state index in [2.05, 4.69) is 10.8 Å². The van der Waals surface area contributed by atoms with E-state index in [0.717, 1.165) is 0 Å². The second-order valence-corrected chi connectivity index (χ2v) is 4.62. The van der Waals surface area contributed by atoms with Crippen LogP contribution >= 0.6 is 0 Å². The topological polar surface area (TPSA) is 69.4 Å². The minimum absolute atomic E-state index is 0.0201. The van der Waals surface area contributed by atoms with Crippen LogP contribution in [0.3, 0.4) is 0 Å². The summed E-state index contributed by atoms with van der Waals surface area (Å²) >= 11 is 0. The molecule has 0 amide bonds. The average molecular weight is 193 g/mol. The SMILES string of the molecule is C=C(C)S(=O)(=O)OCC(C)CN. The number of allylic oxidation sites excluding steroid dienone is 1. The number of hydrogen-bond acceptors (Lipinski definition) is 4. The van der Waals surface area contributed by atoms with Gasteiger partial charge in [0.1, 0.15) is 0 Å². The summed E-state index contributed by atoms with van der Waals surface area (Å²) in [6, 6.07) is 0. The Bertz CT molecular complexity index is 245. The molecule has 0 saturated heterocycles. The van der Waals surface area contributed by atoms with Gasteiger partial charge in [-0.15, -0.1) is 0 Å². The lowest BCUT2D eigenvalue weighted by atomic mass is 10.2. The van der Waals surface area contributed by atoms with E-state index < -0.39 is 10.1 Å². The zero-order valence-electron chi connectivity index (χ0n) is 7.41. The molecule has 0 aliphatic heterocycles. The molecule has 4 nitrogen and oxygen atoms in total. The Kier molecular flexibility index (Phi) is 4.44. The van der Waals surface area contributed by atoms with Gasteiger partial charge in [-0.3, -0.25) is 4.18 Å². The molecule has 0 rings (SSSR count). The van der Waals surface area contributed by atoms with Crippen molar-refractivity contribution in [3.8, 4) is 0 Å². The van der Waals surface area contributed by atoms with Crippen molar-refractivity contribution in [2.24, 2.45) is 11.7 Å². The Hall–Kier alpha value is -0.390. The minimum atomic E-state index is -3.55. The number of rotatable bonds is 5. The third kappa shape index (κ3) is 3.85. The molecule has 0 fully saturated rings. The average Bonchev–Trinajstić information content (AvgIpc) is 2.00. The van der Waals surface area contributed by atoms with Gasteiger partial charge in [0.2, 0.25) is 0 Å². The van der Waals surface area contributed by atoms with Crippen LogP contribution in [-0.2, 0) is 14.3 Å². The smallest absolute Gasteiger partial charge is 0.292 e. The van der Waals surface area contributed by atoms with Crippen LogP contribution < -0.4 is 5.73 Å². The van der Waals surface area contributed by atoms with Crippen molar-refractivity contribution >= 4 is 10.1 Å². The van der Waals surface area contributed by atoms with Gasteiger partial charge in [0, 0.05) is 0 Å². The molecular weight excluding hydrogens is 178 g/mol. The molecule has 0 aliphatic carbocycles. The predicted molar refractivity (Wildman–Crippen MR) is 47.9 cm³/mol. The van der Waals surface area contributed by atoms with Crippen LogP contribution in [0.1, 0.15) is 13.8 Å². The van der Waals surface area contributed by atoms with Gasteiger partial charge in [0.05, 0.1) is 11.5 Å². The molecule has 1 unspecified atom stereocenters. The van der Waals surface area contributed by atoms with E-state index >= 15 is 0 Å². The lowest BCUT2D eigenvalue weighted by Gasteiger charge is -2.08. The van der Waals surface area contributed by atoms with Crippen LogP contribution in [-0.4, -0.2) is 21.6 Å². The zero-order chi connectivity index (χ0) is 9.78. The van der Waals surface area contributed by atoms with Crippen molar-refractivity contribution in [1.29, 1.82) is 0 Å². The molecule has 0 aromatic rings. The summed E-state index contributed by atoms with van der Waals surface area (Å²) in [6.07, 6.45) is 0. The lowest BCUT2D eigenvalue weighted by Crippen LogP contribution is -2.19. The van der Waals surface area contributed by atoms with Gasteiger partial charge < -0.3 is 5.73 Å². The summed E-state index contributed by atoms with van der Waals surface area (Å²) in [5.74, 6) is 0.0409. The molecule has 0 heterocycles. The van der Waals surface area contributed by atoms with Crippen molar-refractivity contribution < 1.29 is 12.6 Å². The summed E-state index contributed by atoms with van der Waals surface area (Å²) in [7, 11) is -3.55. The Balaban J connectivity index is 4.02. The molecule has 0 radical (unpaired) electrons. The summed E-state index contributed by atoms with van der Waals surface area (Å²) in [6.45, 7) is 7.02. The Labute approximate surface area is 73.5 Å². The van der Waals surface area contributed by atoms with Gasteiger partial charge in [0.15, 0.2) is 0 Å². The molecular formula is C7H15NO3S. The molecule has 2 N–H and O–H groups in total. The fourth-order valence-electron chi connectivity index (χ4n) is 0.374. The highest BCUT2D eigenvalue weighted by atomic mass is 32.2. The van der Waals surface area contributed by atoms with Crippen molar-refractivity contribution in [2.45, 2.75) is 13.8 Å². The molecule has 0 aliphatic rings. The van der Waals surface area contributed by atoms with E-state index in [9.17, 15) is 8.42 Å². The first-order chi connectivity index (χ1) is 5.40. The van der Waals surface area contributed by atoms with Gasteiger partial charge in [-0.1, -0.05) is 13.5 Å². The van der Waals surface area contributed by atoms with Gasteiger partial charge >= 0.3 is 0 Å². The molecule has 0 spiro atoms. The van der Waals surface area contributed by atoms with Crippen molar-refractivity contribution in [1.82, 2.24) is 0 Å². The lowest BCUT2D eigenvalue weighted by molar-refractivity contribution is 0.271. The Morgan fingerprint density at radius 1 is 1.67 bits per heavy atom. The summed E-state index contributed by atoms with van der Waals surface area (Å²) in [4.78, 5) is 0.0201. The summed E-state index contributed by atoms with van der Waals surface area (Å²) < 4.78 is 26.6. The van der Waals surface area contributed by atoms with E-state index in [4.69, 9.17) is 5.73 Å². The maximum Gasteiger partial charge on any atom is 0.292 e. The van der Waals surface area contributed by atoms with E-state index in [1.54, 1.807) is 0 Å². The Morgan fingerprint density at radius 3 is 2.50 bits per heavy atom. The maximum absolute atomic E-state index is 11.0. The first-order valence-electron chi connectivity index (χ1n) is 3.65. The van der Waals surface area contributed by atoms with Gasteiger partial charge in [-0.25, -0.2) is 0 Å². The molecule has 0 bridgehead atoms. The predicted octanol–water partition coefficient (Wildman–Crippen LogP) is 0.461. The fraction of sp³-hybridized carbons (Fsp3) is 0.714. The second kappa shape index (κ2) is 4.59. The van der Waals surface area contributed by atoms with Gasteiger partial charge in [0.25, 0.3) is 10.1 Å². The first kappa shape index (κ1) is 11.6. The normalized spacial score (nSPS) is 14.2. The molecule has 5 heteroatoms. The van der Waals surface area contributed by atoms with Crippen LogP contribution in [0.4, 0.5) is 0 Å². The van der Waals surface area contributed by atoms with E-state index in [-0.39, 0.29) is 17.4 Å². The third-order valence-corrected chi connectivity index (χ3v) is 2.64. The molecule has 0 aromatic heterocycles. The highest BCUT2D eigenvalue weighted by Crippen LogP contribution is 2.06. The standard InChI is InChI=1S/C7H15NO3S/c1-6(2)12(9,10)11-5-7(3)4-8/h7H,1,4-5,8H2,2-3H3. The number of nitrogens with two attached hydrogens (primary N) is 1. The summed E-state index contributed by atoms with van der Waals surface area (Å²) in [5, 5.41) is 0. The van der Waals surface area contributed by atoms with Crippen LogP contribution in [0.15, 0.2) is 11.5 Å². The second-order valence-electron chi connectivity index (χ2n) is 2.78. The fourth-order valence-corrected chi connectivity index (χ4v) is 0.987. The van der Waals surface area contributed by atoms with Crippen LogP contribution in [0.5, 0.6) is 0 Å². The third-order valence-electron chi connectivity index (χ3n) is 1.34. The maximum atomic E-state index is 11.0. The largest absolute Gasteiger partial charge is 0.330 e. The Morgan fingerprint density at radius 2 is 2.17 bits per heavy atom.